The van der Waals surface area contributed by atoms with Gasteiger partial charge in [0.05, 0.1) is 0 Å². The number of hydrogen-bond acceptors (Lipinski definition) is 0. The summed E-state index contributed by atoms with van der Waals surface area (Å²) in [4.78, 5) is 0. The van der Waals surface area contributed by atoms with Crippen LogP contribution in [0, 0.1) is 34.5 Å². The van der Waals surface area contributed by atoms with Crippen LogP contribution in [0.15, 0.2) is 11.1 Å². The molecule has 0 heterocycles. The minimum atomic E-state index is 0.684. The lowest BCUT2D eigenvalue weighted by Gasteiger charge is -2.62. The van der Waals surface area contributed by atoms with Gasteiger partial charge in [-0.2, -0.15) is 0 Å². The molecule has 0 amide bonds. The molecule has 5 aliphatic carbocycles. The number of allylic oxidation sites excluding steroid dienone is 2. The molecule has 3 saturated carbocycles. The Bertz CT molecular complexity index is 486. The van der Waals surface area contributed by atoms with Crippen molar-refractivity contribution >= 4 is 0 Å². The molecule has 5 aliphatic rings. The lowest BCUT2D eigenvalue weighted by atomic mass is 9.43. The summed E-state index contributed by atoms with van der Waals surface area (Å²) in [6, 6.07) is 0. The summed E-state index contributed by atoms with van der Waals surface area (Å²) in [5, 5.41) is 0. The third-order valence-electron chi connectivity index (χ3n) is 8.49. The molecule has 0 aromatic rings. The lowest BCUT2D eigenvalue weighted by molar-refractivity contribution is -0.0646. The van der Waals surface area contributed by atoms with Crippen LogP contribution in [0.25, 0.3) is 0 Å². The van der Waals surface area contributed by atoms with E-state index in [0.29, 0.717) is 5.41 Å². The molecule has 0 nitrogen and oxygen atoms in total. The predicted octanol–water partition coefficient (Wildman–Crippen LogP) is 5.73. The maximum Gasteiger partial charge on any atom is -0.0164 e. The summed E-state index contributed by atoms with van der Waals surface area (Å²) in [5.41, 5.74) is 5.36. The van der Waals surface area contributed by atoms with Gasteiger partial charge >= 0.3 is 0 Å². The summed E-state index contributed by atoms with van der Waals surface area (Å²) >= 11 is 0. The first kappa shape index (κ1) is 12.3. The van der Waals surface area contributed by atoms with E-state index in [-0.39, 0.29) is 0 Å². The second-order valence-corrected chi connectivity index (χ2v) is 9.60. The van der Waals surface area contributed by atoms with Gasteiger partial charge in [0, 0.05) is 0 Å². The fourth-order valence-corrected chi connectivity index (χ4v) is 7.89. The molecule has 20 heavy (non-hydrogen) atoms. The van der Waals surface area contributed by atoms with Crippen LogP contribution < -0.4 is 0 Å². The lowest BCUT2D eigenvalue weighted by Crippen LogP contribution is -2.52. The zero-order valence-corrected chi connectivity index (χ0v) is 13.4. The standard InChI is InChI=1S/C20H30/c1-19-8-3-4-17(19)18-16(7-9-19)15-6-5-13-10-14(15)12-20(18,2)11-13/h13,16-18H,3-12H2,1-2H3/t13?,16-,17+,18-,19+,20?/m1/s1. The summed E-state index contributed by atoms with van der Waals surface area (Å²) < 4.78 is 0. The normalized spacial score (nSPS) is 56.7. The van der Waals surface area contributed by atoms with Gasteiger partial charge < -0.3 is 0 Å². The van der Waals surface area contributed by atoms with Crippen LogP contribution >= 0.6 is 0 Å². The Morgan fingerprint density at radius 2 is 1.90 bits per heavy atom. The predicted molar refractivity (Wildman–Crippen MR) is 83.4 cm³/mol. The van der Waals surface area contributed by atoms with Crippen LogP contribution in [0.4, 0.5) is 0 Å². The maximum atomic E-state index is 2.70. The maximum absolute atomic E-state index is 2.70. The van der Waals surface area contributed by atoms with Crippen LogP contribution in [0.1, 0.15) is 78.1 Å². The van der Waals surface area contributed by atoms with Crippen LogP contribution in [0.2, 0.25) is 0 Å². The van der Waals surface area contributed by atoms with Crippen molar-refractivity contribution in [1.29, 1.82) is 0 Å². The van der Waals surface area contributed by atoms with E-state index in [4.69, 9.17) is 0 Å². The molecule has 3 fully saturated rings. The van der Waals surface area contributed by atoms with Crippen molar-refractivity contribution in [1.82, 2.24) is 0 Å². The van der Waals surface area contributed by atoms with Gasteiger partial charge in [0.25, 0.3) is 0 Å². The molecule has 0 aromatic carbocycles. The smallest absolute Gasteiger partial charge is 0.0164 e. The third kappa shape index (κ3) is 1.39. The van der Waals surface area contributed by atoms with Crippen molar-refractivity contribution in [2.24, 2.45) is 34.5 Å². The highest BCUT2D eigenvalue weighted by molar-refractivity contribution is 5.32. The van der Waals surface area contributed by atoms with Crippen molar-refractivity contribution in [2.75, 3.05) is 0 Å². The molecule has 0 aromatic heterocycles. The molecule has 0 N–H and O–H groups in total. The van der Waals surface area contributed by atoms with E-state index < -0.39 is 0 Å². The Hall–Kier alpha value is -0.260. The largest absolute Gasteiger partial charge is 0.0699 e. The van der Waals surface area contributed by atoms with Crippen LogP contribution in [-0.2, 0) is 0 Å². The SMILES string of the molecule is CC12CC3=C(CCC(C3)C1)[C@H]1CC[C@]3(C)CCC[C@H]3[C@@H]12. The molecule has 0 spiro atoms. The Morgan fingerprint density at radius 3 is 2.80 bits per heavy atom. The first-order valence-corrected chi connectivity index (χ1v) is 9.30. The van der Waals surface area contributed by atoms with E-state index in [1.54, 1.807) is 12.8 Å². The molecule has 5 rings (SSSR count). The van der Waals surface area contributed by atoms with E-state index >= 15 is 0 Å². The highest BCUT2D eigenvalue weighted by atomic mass is 14.6. The number of fused-ring (bicyclic) bond motifs is 7. The third-order valence-corrected chi connectivity index (χ3v) is 8.49. The van der Waals surface area contributed by atoms with E-state index in [1.807, 2.05) is 11.1 Å². The van der Waals surface area contributed by atoms with Gasteiger partial charge in [-0.1, -0.05) is 31.4 Å². The molecule has 0 saturated heterocycles. The molecule has 3 bridgehead atoms. The second kappa shape index (κ2) is 3.73. The van der Waals surface area contributed by atoms with Crippen molar-refractivity contribution in [3.05, 3.63) is 11.1 Å². The van der Waals surface area contributed by atoms with Crippen LogP contribution in [-0.4, -0.2) is 0 Å². The molecular formula is C20H30. The van der Waals surface area contributed by atoms with Crippen LogP contribution in [0.3, 0.4) is 0 Å². The molecule has 6 atom stereocenters. The fourth-order valence-electron chi connectivity index (χ4n) is 7.89. The Labute approximate surface area is 124 Å². The van der Waals surface area contributed by atoms with Crippen LogP contribution in [0.5, 0.6) is 0 Å². The van der Waals surface area contributed by atoms with Gasteiger partial charge in [0.1, 0.15) is 0 Å². The monoisotopic (exact) mass is 270 g/mol. The summed E-state index contributed by atoms with van der Waals surface area (Å²) in [6.07, 6.45) is 15.3. The highest BCUT2D eigenvalue weighted by Gasteiger charge is 2.59. The van der Waals surface area contributed by atoms with Gasteiger partial charge in [-0.3, -0.25) is 0 Å². The summed E-state index contributed by atoms with van der Waals surface area (Å²) in [5.74, 6) is 4.20. The molecule has 0 aliphatic heterocycles. The average molecular weight is 270 g/mol. The molecular weight excluding hydrogens is 240 g/mol. The first-order chi connectivity index (χ1) is 9.59. The summed E-state index contributed by atoms with van der Waals surface area (Å²) in [7, 11) is 0. The Balaban J connectivity index is 1.65. The summed E-state index contributed by atoms with van der Waals surface area (Å²) in [6.45, 7) is 5.35. The minimum absolute atomic E-state index is 0.684. The topological polar surface area (TPSA) is 0 Å². The molecule has 2 unspecified atom stereocenters. The van der Waals surface area contributed by atoms with Crippen molar-refractivity contribution in [3.63, 3.8) is 0 Å². The van der Waals surface area contributed by atoms with Crippen molar-refractivity contribution < 1.29 is 0 Å². The quantitative estimate of drug-likeness (QED) is 0.493. The van der Waals surface area contributed by atoms with E-state index in [0.717, 1.165) is 29.1 Å². The Morgan fingerprint density at radius 1 is 1.00 bits per heavy atom. The van der Waals surface area contributed by atoms with E-state index in [2.05, 4.69) is 13.8 Å². The second-order valence-electron chi connectivity index (χ2n) is 9.60. The van der Waals surface area contributed by atoms with Gasteiger partial charge in [0.15, 0.2) is 0 Å². The van der Waals surface area contributed by atoms with Gasteiger partial charge in [-0.15, -0.1) is 0 Å². The highest BCUT2D eigenvalue weighted by Crippen LogP contribution is 2.69. The molecule has 0 heteroatoms. The Kier molecular flexibility index (Phi) is 2.30. The first-order valence-electron chi connectivity index (χ1n) is 9.30. The zero-order chi connectivity index (χ0) is 13.5. The van der Waals surface area contributed by atoms with Crippen molar-refractivity contribution in [3.8, 4) is 0 Å². The van der Waals surface area contributed by atoms with Gasteiger partial charge in [0.2, 0.25) is 0 Å². The van der Waals surface area contributed by atoms with Gasteiger partial charge in [-0.05, 0) is 92.3 Å². The molecule has 0 radical (unpaired) electrons. The average Bonchev–Trinajstić information content (AvgIpc) is 2.78. The fraction of sp³-hybridized carbons (Fsp3) is 0.900. The van der Waals surface area contributed by atoms with Gasteiger partial charge in [-0.25, -0.2) is 0 Å². The minimum Gasteiger partial charge on any atom is -0.0699 e. The van der Waals surface area contributed by atoms with E-state index in [1.165, 1.54) is 51.4 Å². The number of hydrogen-bond donors (Lipinski definition) is 0. The van der Waals surface area contributed by atoms with E-state index in [9.17, 15) is 0 Å². The van der Waals surface area contributed by atoms with Crippen molar-refractivity contribution in [2.45, 2.75) is 78.1 Å². The zero-order valence-electron chi connectivity index (χ0n) is 13.4. The number of rotatable bonds is 0. The molecule has 110 valence electrons.